The van der Waals surface area contributed by atoms with Crippen molar-refractivity contribution in [1.29, 1.82) is 0 Å². The Morgan fingerprint density at radius 3 is 2.67 bits per heavy atom. The first-order valence-corrected chi connectivity index (χ1v) is 8.75. The SMILES string of the molecule is O=C(C1=C(O)C(=O)N(C[C@@H]2CCCO2)[C@H]1c1ccc(F)cc1)c1ccco1. The third-order valence-corrected chi connectivity index (χ3v) is 4.90. The van der Waals surface area contributed by atoms with Gasteiger partial charge in [-0.2, -0.15) is 0 Å². The van der Waals surface area contributed by atoms with E-state index in [2.05, 4.69) is 0 Å². The predicted molar refractivity (Wildman–Crippen MR) is 92.5 cm³/mol. The summed E-state index contributed by atoms with van der Waals surface area (Å²) in [6.45, 7) is 0.853. The summed E-state index contributed by atoms with van der Waals surface area (Å²) < 4.78 is 24.2. The normalized spacial score (nSPS) is 22.7. The van der Waals surface area contributed by atoms with Gasteiger partial charge in [-0.3, -0.25) is 9.59 Å². The van der Waals surface area contributed by atoms with Gasteiger partial charge >= 0.3 is 0 Å². The van der Waals surface area contributed by atoms with Gasteiger partial charge in [-0.25, -0.2) is 4.39 Å². The number of amides is 1. The van der Waals surface area contributed by atoms with Gasteiger partial charge in [0.1, 0.15) is 5.82 Å². The molecule has 0 unspecified atom stereocenters. The number of ketones is 1. The van der Waals surface area contributed by atoms with Crippen molar-refractivity contribution in [3.63, 3.8) is 0 Å². The summed E-state index contributed by atoms with van der Waals surface area (Å²) in [6, 6.07) is 7.71. The number of carbonyl (C=O) groups excluding carboxylic acids is 2. The van der Waals surface area contributed by atoms with Crippen molar-refractivity contribution in [3.05, 3.63) is 71.1 Å². The molecule has 2 aliphatic rings. The van der Waals surface area contributed by atoms with E-state index in [1.54, 1.807) is 6.07 Å². The number of Topliss-reactive ketones (excluding diaryl/α,β-unsaturated/α-hetero) is 1. The first-order chi connectivity index (χ1) is 13.1. The molecular weight excluding hydrogens is 353 g/mol. The quantitative estimate of drug-likeness (QED) is 0.817. The summed E-state index contributed by atoms with van der Waals surface area (Å²) in [7, 11) is 0. The molecular formula is C20H18FNO5. The lowest BCUT2D eigenvalue weighted by atomic mass is 9.95. The Kier molecular flexibility index (Phi) is 4.53. The molecule has 6 nitrogen and oxygen atoms in total. The van der Waals surface area contributed by atoms with Crippen LogP contribution in [0, 0.1) is 5.82 Å². The monoisotopic (exact) mass is 371 g/mol. The van der Waals surface area contributed by atoms with Crippen LogP contribution in [0.3, 0.4) is 0 Å². The van der Waals surface area contributed by atoms with Gasteiger partial charge in [0.2, 0.25) is 5.78 Å². The first kappa shape index (κ1) is 17.5. The molecule has 140 valence electrons. The highest BCUT2D eigenvalue weighted by molar-refractivity contribution is 6.15. The number of furan rings is 1. The standard InChI is InChI=1S/C20H18FNO5/c21-13-7-5-12(6-8-13)17-16(18(23)15-4-2-10-27-15)19(24)20(25)22(17)11-14-3-1-9-26-14/h2,4-8,10,14,17,24H,1,3,9,11H2/t14-,17-/m0/s1. The topological polar surface area (TPSA) is 80.0 Å². The Morgan fingerprint density at radius 2 is 2.04 bits per heavy atom. The van der Waals surface area contributed by atoms with Crippen LogP contribution in [0.25, 0.3) is 0 Å². The van der Waals surface area contributed by atoms with Crippen LogP contribution >= 0.6 is 0 Å². The zero-order valence-electron chi connectivity index (χ0n) is 14.4. The highest BCUT2D eigenvalue weighted by atomic mass is 19.1. The van der Waals surface area contributed by atoms with E-state index in [0.717, 1.165) is 12.8 Å². The highest BCUT2D eigenvalue weighted by Gasteiger charge is 2.45. The Morgan fingerprint density at radius 1 is 1.26 bits per heavy atom. The highest BCUT2D eigenvalue weighted by Crippen LogP contribution is 2.39. The molecule has 4 rings (SSSR count). The number of hydrogen-bond donors (Lipinski definition) is 1. The molecule has 1 saturated heterocycles. The Balaban J connectivity index is 1.75. The summed E-state index contributed by atoms with van der Waals surface area (Å²) in [6.07, 6.45) is 2.87. The summed E-state index contributed by atoms with van der Waals surface area (Å²) >= 11 is 0. The molecule has 0 aliphatic carbocycles. The lowest BCUT2D eigenvalue weighted by molar-refractivity contribution is -0.131. The van der Waals surface area contributed by atoms with Gasteiger partial charge in [0.05, 0.1) is 24.0 Å². The second-order valence-electron chi connectivity index (χ2n) is 6.62. The van der Waals surface area contributed by atoms with E-state index in [9.17, 15) is 19.1 Å². The number of carbonyl (C=O) groups is 2. The third kappa shape index (κ3) is 3.14. The number of aliphatic hydroxyl groups is 1. The minimum atomic E-state index is -0.833. The molecule has 1 fully saturated rings. The average molecular weight is 371 g/mol. The van der Waals surface area contributed by atoms with Crippen molar-refractivity contribution >= 4 is 11.7 Å². The largest absolute Gasteiger partial charge is 0.503 e. The fraction of sp³-hybridized carbons (Fsp3) is 0.300. The van der Waals surface area contributed by atoms with Gasteiger partial charge in [0, 0.05) is 13.2 Å². The minimum Gasteiger partial charge on any atom is -0.503 e. The molecule has 0 radical (unpaired) electrons. The maximum Gasteiger partial charge on any atom is 0.290 e. The van der Waals surface area contributed by atoms with Crippen LogP contribution in [0.2, 0.25) is 0 Å². The second-order valence-corrected chi connectivity index (χ2v) is 6.62. The van der Waals surface area contributed by atoms with Crippen LogP contribution in [0.15, 0.2) is 58.4 Å². The maximum absolute atomic E-state index is 13.4. The lowest BCUT2D eigenvalue weighted by Gasteiger charge is -2.28. The van der Waals surface area contributed by atoms with Crippen molar-refractivity contribution in [2.45, 2.75) is 25.0 Å². The number of rotatable bonds is 5. The minimum absolute atomic E-state index is 0.0235. The molecule has 1 N–H and O–H groups in total. The summed E-state index contributed by atoms with van der Waals surface area (Å²) in [5.74, 6) is -2.23. The first-order valence-electron chi connectivity index (χ1n) is 8.75. The van der Waals surface area contributed by atoms with Gasteiger partial charge < -0.3 is 19.2 Å². The molecule has 2 aromatic rings. The zero-order valence-corrected chi connectivity index (χ0v) is 14.4. The van der Waals surface area contributed by atoms with Crippen LogP contribution in [0.4, 0.5) is 4.39 Å². The van der Waals surface area contributed by atoms with E-state index in [1.165, 1.54) is 41.5 Å². The van der Waals surface area contributed by atoms with E-state index >= 15 is 0 Å². The Bertz CT molecular complexity index is 882. The predicted octanol–water partition coefficient (Wildman–Crippen LogP) is 3.18. The zero-order chi connectivity index (χ0) is 19.0. The number of halogens is 1. The van der Waals surface area contributed by atoms with Crippen LogP contribution in [0.1, 0.15) is 35.0 Å². The van der Waals surface area contributed by atoms with Crippen LogP contribution < -0.4 is 0 Å². The molecule has 1 aromatic heterocycles. The molecule has 0 bridgehead atoms. The summed E-state index contributed by atoms with van der Waals surface area (Å²) in [4.78, 5) is 27.0. The van der Waals surface area contributed by atoms with Crippen LogP contribution in [-0.4, -0.2) is 41.0 Å². The van der Waals surface area contributed by atoms with E-state index in [4.69, 9.17) is 9.15 Å². The van der Waals surface area contributed by atoms with E-state index < -0.39 is 29.3 Å². The average Bonchev–Trinajstić information content (AvgIpc) is 3.41. The number of ether oxygens (including phenoxy) is 1. The molecule has 2 aliphatic heterocycles. The van der Waals surface area contributed by atoms with Gasteiger partial charge in [-0.15, -0.1) is 0 Å². The summed E-state index contributed by atoms with van der Waals surface area (Å²) in [5, 5.41) is 10.5. The molecule has 7 heteroatoms. The van der Waals surface area contributed by atoms with Crippen molar-refractivity contribution in [1.82, 2.24) is 4.90 Å². The number of nitrogens with zero attached hydrogens (tertiary/aromatic N) is 1. The van der Waals surface area contributed by atoms with Crippen LogP contribution in [0.5, 0.6) is 0 Å². The molecule has 27 heavy (non-hydrogen) atoms. The van der Waals surface area contributed by atoms with Crippen LogP contribution in [-0.2, 0) is 9.53 Å². The van der Waals surface area contributed by atoms with E-state index in [0.29, 0.717) is 12.2 Å². The Labute approximate surface area is 154 Å². The summed E-state index contributed by atoms with van der Waals surface area (Å²) in [5.41, 5.74) is 0.459. The molecule has 3 heterocycles. The van der Waals surface area contributed by atoms with E-state index in [1.807, 2.05) is 0 Å². The van der Waals surface area contributed by atoms with Crippen molar-refractivity contribution in [2.24, 2.45) is 0 Å². The fourth-order valence-electron chi connectivity index (χ4n) is 3.61. The number of benzene rings is 1. The molecule has 1 amide bonds. The number of aliphatic hydroxyl groups excluding tert-OH is 1. The van der Waals surface area contributed by atoms with Gasteiger partial charge in [0.15, 0.2) is 11.5 Å². The lowest BCUT2D eigenvalue weighted by Crippen LogP contribution is -2.37. The Hall–Kier alpha value is -2.93. The fourth-order valence-corrected chi connectivity index (χ4v) is 3.61. The van der Waals surface area contributed by atoms with Crippen molar-refractivity contribution in [2.75, 3.05) is 13.2 Å². The van der Waals surface area contributed by atoms with Gasteiger partial charge in [-0.05, 0) is 42.7 Å². The van der Waals surface area contributed by atoms with Crippen molar-refractivity contribution in [3.8, 4) is 0 Å². The molecule has 0 saturated carbocycles. The number of hydrogen-bond acceptors (Lipinski definition) is 5. The van der Waals surface area contributed by atoms with E-state index in [-0.39, 0.29) is 24.0 Å². The smallest absolute Gasteiger partial charge is 0.290 e. The third-order valence-electron chi connectivity index (χ3n) is 4.90. The maximum atomic E-state index is 13.4. The molecule has 1 aromatic carbocycles. The van der Waals surface area contributed by atoms with Gasteiger partial charge in [0.25, 0.3) is 5.91 Å². The van der Waals surface area contributed by atoms with Gasteiger partial charge in [-0.1, -0.05) is 12.1 Å². The molecule has 2 atom stereocenters. The van der Waals surface area contributed by atoms with Crippen molar-refractivity contribution < 1.29 is 28.2 Å². The second kappa shape index (κ2) is 7.00. The molecule has 0 spiro atoms.